The van der Waals surface area contributed by atoms with E-state index in [1.54, 1.807) is 24.4 Å². The highest BCUT2D eigenvalue weighted by atomic mass is 19.1. The molecule has 1 fully saturated rings. The molecule has 6 nitrogen and oxygen atoms in total. The third-order valence-corrected chi connectivity index (χ3v) is 4.57. The van der Waals surface area contributed by atoms with Crippen LogP contribution in [0.1, 0.15) is 41.9 Å². The Kier molecular flexibility index (Phi) is 5.20. The fourth-order valence-corrected chi connectivity index (χ4v) is 3.09. The van der Waals surface area contributed by atoms with Crippen LogP contribution in [0.4, 0.5) is 4.39 Å². The molecule has 1 aliphatic heterocycles. The van der Waals surface area contributed by atoms with Gasteiger partial charge in [-0.1, -0.05) is 23.4 Å². The lowest BCUT2D eigenvalue weighted by molar-refractivity contribution is -0.886. The fourth-order valence-electron chi connectivity index (χ4n) is 3.09. The third kappa shape index (κ3) is 3.79. The summed E-state index contributed by atoms with van der Waals surface area (Å²) in [6, 6.07) is 6.22. The number of carbonyl (C=O) groups excluding carboxylic acids is 1. The molecule has 0 aliphatic carbocycles. The number of amides is 1. The van der Waals surface area contributed by atoms with E-state index < -0.39 is 0 Å². The predicted molar refractivity (Wildman–Crippen MR) is 87.4 cm³/mol. The topological polar surface area (TPSA) is 64.2 Å². The monoisotopic (exact) mass is 332 g/mol. The van der Waals surface area contributed by atoms with E-state index in [2.05, 4.69) is 15.6 Å². The largest absolute Gasteiger partial charge is 0.345 e. The summed E-state index contributed by atoms with van der Waals surface area (Å²) in [4.78, 5) is 13.7. The van der Waals surface area contributed by atoms with Crippen molar-refractivity contribution in [3.8, 4) is 0 Å². The molecule has 1 aromatic heterocycles. The Hall–Kier alpha value is -2.28. The number of hydrogen-bond acceptors (Lipinski definition) is 3. The molecule has 2 heterocycles. The van der Waals surface area contributed by atoms with E-state index in [9.17, 15) is 9.18 Å². The second-order valence-corrected chi connectivity index (χ2v) is 6.24. The van der Waals surface area contributed by atoms with Gasteiger partial charge >= 0.3 is 0 Å². The molecule has 0 saturated carbocycles. The molecule has 7 heteroatoms. The molecule has 2 N–H and O–H groups in total. The molecule has 1 saturated heterocycles. The van der Waals surface area contributed by atoms with Crippen LogP contribution in [0.25, 0.3) is 0 Å². The molecule has 128 valence electrons. The van der Waals surface area contributed by atoms with Gasteiger partial charge in [0.05, 0.1) is 38.4 Å². The number of likely N-dealkylation sites (tertiary alicyclic amines) is 1. The second-order valence-electron chi connectivity index (χ2n) is 6.24. The van der Waals surface area contributed by atoms with Gasteiger partial charge in [0, 0.05) is 18.4 Å². The van der Waals surface area contributed by atoms with Crippen molar-refractivity contribution in [3.05, 3.63) is 47.5 Å². The van der Waals surface area contributed by atoms with Gasteiger partial charge in [-0.3, -0.25) is 4.79 Å². The summed E-state index contributed by atoms with van der Waals surface area (Å²) in [5.41, 5.74) is 0.779. The van der Waals surface area contributed by atoms with Crippen molar-refractivity contribution in [2.75, 3.05) is 26.2 Å². The number of nitrogens with one attached hydrogen (secondary N) is 2. The van der Waals surface area contributed by atoms with E-state index in [0.29, 0.717) is 12.1 Å². The van der Waals surface area contributed by atoms with Crippen molar-refractivity contribution in [1.29, 1.82) is 0 Å². The molecule has 0 unspecified atom stereocenters. The Bertz CT molecular complexity index is 696. The number of rotatable bonds is 6. The van der Waals surface area contributed by atoms with Crippen LogP contribution < -0.4 is 10.2 Å². The van der Waals surface area contributed by atoms with Crippen molar-refractivity contribution in [2.24, 2.45) is 0 Å². The van der Waals surface area contributed by atoms with Crippen molar-refractivity contribution < 1.29 is 14.1 Å². The standard InChI is InChI=1S/C17H22FN5O/c1-13(14-6-2-3-7-15(14)18)23-12-16(20-21-23)17(24)19-8-11-22-9-4-5-10-22/h2-3,6-7,12-13H,4-5,8-11H2,1H3,(H,19,24)/p+1/t13-/m1/s1. The first-order valence-electron chi connectivity index (χ1n) is 8.43. The SMILES string of the molecule is C[C@H](c1ccccc1F)n1cc(C(=O)NCC[NH+]2CCCC2)nn1. The lowest BCUT2D eigenvalue weighted by Gasteiger charge is -2.12. The lowest BCUT2D eigenvalue weighted by Crippen LogP contribution is -3.10. The van der Waals surface area contributed by atoms with Gasteiger partial charge in [0.1, 0.15) is 5.82 Å². The van der Waals surface area contributed by atoms with E-state index in [0.717, 1.165) is 6.54 Å². The minimum Gasteiger partial charge on any atom is -0.345 e. The molecular weight excluding hydrogens is 309 g/mol. The Balaban J connectivity index is 1.58. The third-order valence-electron chi connectivity index (χ3n) is 4.57. The van der Waals surface area contributed by atoms with Crippen molar-refractivity contribution in [1.82, 2.24) is 20.3 Å². The van der Waals surface area contributed by atoms with Gasteiger partial charge in [0.25, 0.3) is 5.91 Å². The van der Waals surface area contributed by atoms with Crippen LogP contribution in [0.2, 0.25) is 0 Å². The second kappa shape index (κ2) is 7.53. The molecule has 0 spiro atoms. The zero-order valence-corrected chi connectivity index (χ0v) is 13.8. The summed E-state index contributed by atoms with van der Waals surface area (Å²) in [5.74, 6) is -0.527. The summed E-state index contributed by atoms with van der Waals surface area (Å²) in [6.07, 6.45) is 4.10. The molecule has 1 aliphatic rings. The Morgan fingerprint density at radius 3 is 2.88 bits per heavy atom. The maximum atomic E-state index is 13.9. The average Bonchev–Trinajstić information content (AvgIpc) is 3.26. The van der Waals surface area contributed by atoms with Gasteiger partial charge in [-0.2, -0.15) is 0 Å². The number of carbonyl (C=O) groups is 1. The Morgan fingerprint density at radius 1 is 1.38 bits per heavy atom. The molecule has 0 radical (unpaired) electrons. The first-order chi connectivity index (χ1) is 11.6. The van der Waals surface area contributed by atoms with Crippen LogP contribution in [-0.4, -0.2) is 47.1 Å². The van der Waals surface area contributed by atoms with E-state index in [-0.39, 0.29) is 23.5 Å². The molecule has 1 aromatic carbocycles. The van der Waals surface area contributed by atoms with E-state index in [4.69, 9.17) is 0 Å². The Morgan fingerprint density at radius 2 is 2.12 bits per heavy atom. The van der Waals surface area contributed by atoms with Gasteiger partial charge in [0.2, 0.25) is 0 Å². The summed E-state index contributed by atoms with van der Waals surface area (Å²) >= 11 is 0. The molecule has 1 atom stereocenters. The molecule has 0 bridgehead atoms. The normalized spacial score (nSPS) is 16.2. The lowest BCUT2D eigenvalue weighted by atomic mass is 10.1. The quantitative estimate of drug-likeness (QED) is 0.807. The average molecular weight is 332 g/mol. The Labute approximate surface area is 140 Å². The molecule has 2 aromatic rings. The molecule has 24 heavy (non-hydrogen) atoms. The van der Waals surface area contributed by atoms with Crippen molar-refractivity contribution in [3.63, 3.8) is 0 Å². The molecular formula is C17H23FN5O+. The highest BCUT2D eigenvalue weighted by molar-refractivity contribution is 5.91. The number of halogens is 1. The summed E-state index contributed by atoms with van der Waals surface area (Å²) in [5, 5.41) is 10.8. The maximum Gasteiger partial charge on any atom is 0.273 e. The van der Waals surface area contributed by atoms with E-state index >= 15 is 0 Å². The zero-order valence-electron chi connectivity index (χ0n) is 13.8. The van der Waals surface area contributed by atoms with Gasteiger partial charge in [0.15, 0.2) is 5.69 Å². The van der Waals surface area contributed by atoms with Crippen molar-refractivity contribution in [2.45, 2.75) is 25.8 Å². The van der Waals surface area contributed by atoms with Crippen LogP contribution in [0.3, 0.4) is 0 Å². The number of nitrogens with zero attached hydrogens (tertiary/aromatic N) is 3. The number of quaternary nitrogens is 1. The van der Waals surface area contributed by atoms with Crippen LogP contribution in [0.15, 0.2) is 30.5 Å². The highest BCUT2D eigenvalue weighted by Gasteiger charge is 2.18. The maximum absolute atomic E-state index is 13.9. The first kappa shape index (κ1) is 16.6. The smallest absolute Gasteiger partial charge is 0.273 e. The van der Waals surface area contributed by atoms with Gasteiger partial charge in [-0.25, -0.2) is 9.07 Å². The molecule has 1 amide bonds. The fraction of sp³-hybridized carbons (Fsp3) is 0.471. The zero-order chi connectivity index (χ0) is 16.9. The first-order valence-corrected chi connectivity index (χ1v) is 8.43. The summed E-state index contributed by atoms with van der Waals surface area (Å²) in [7, 11) is 0. The summed E-state index contributed by atoms with van der Waals surface area (Å²) < 4.78 is 15.4. The van der Waals surface area contributed by atoms with Crippen LogP contribution >= 0.6 is 0 Å². The number of benzene rings is 1. The number of hydrogen-bond donors (Lipinski definition) is 2. The minimum absolute atomic E-state index is 0.236. The van der Waals surface area contributed by atoms with E-state index in [1.807, 2.05) is 6.92 Å². The number of aromatic nitrogens is 3. The minimum atomic E-state index is -0.325. The summed E-state index contributed by atoms with van der Waals surface area (Å²) in [6.45, 7) is 5.76. The highest BCUT2D eigenvalue weighted by Crippen LogP contribution is 2.19. The van der Waals surface area contributed by atoms with Gasteiger partial charge < -0.3 is 10.2 Å². The van der Waals surface area contributed by atoms with Crippen LogP contribution in [-0.2, 0) is 0 Å². The molecule has 3 rings (SSSR count). The van der Waals surface area contributed by atoms with Crippen LogP contribution in [0, 0.1) is 5.82 Å². The van der Waals surface area contributed by atoms with Gasteiger partial charge in [-0.15, -0.1) is 5.10 Å². The van der Waals surface area contributed by atoms with E-state index in [1.165, 1.54) is 41.6 Å². The predicted octanol–water partition coefficient (Wildman–Crippen LogP) is 0.435. The van der Waals surface area contributed by atoms with Crippen LogP contribution in [0.5, 0.6) is 0 Å². The van der Waals surface area contributed by atoms with Crippen molar-refractivity contribution >= 4 is 5.91 Å². The van der Waals surface area contributed by atoms with Gasteiger partial charge in [-0.05, 0) is 13.0 Å².